The van der Waals surface area contributed by atoms with E-state index in [0.717, 1.165) is 10.8 Å². The number of nitrogens with zero attached hydrogens (tertiary/aromatic N) is 2. The van der Waals surface area contributed by atoms with Gasteiger partial charge in [0.15, 0.2) is 5.82 Å². The minimum Gasteiger partial charge on any atom is -0.340 e. The number of benzene rings is 2. The van der Waals surface area contributed by atoms with E-state index in [-0.39, 0.29) is 5.25 Å². The first-order valence-electron chi connectivity index (χ1n) is 6.93. The second-order valence-corrected chi connectivity index (χ2v) is 6.41. The standard InChI is InChI=1S/C17H15ClN2OS/c1-12-19-16(20-21-12)11-22-17(13-5-3-2-4-6-13)14-7-9-15(18)10-8-14/h2-10,17H,11H2,1H3. The summed E-state index contributed by atoms with van der Waals surface area (Å²) in [6.07, 6.45) is 0. The highest BCUT2D eigenvalue weighted by molar-refractivity contribution is 7.98. The molecule has 2 aromatic carbocycles. The van der Waals surface area contributed by atoms with Crippen LogP contribution >= 0.6 is 23.4 Å². The van der Waals surface area contributed by atoms with E-state index >= 15 is 0 Å². The zero-order chi connectivity index (χ0) is 15.4. The van der Waals surface area contributed by atoms with Crippen molar-refractivity contribution >= 4 is 23.4 Å². The Labute approximate surface area is 138 Å². The fourth-order valence-electron chi connectivity index (χ4n) is 2.21. The lowest BCUT2D eigenvalue weighted by molar-refractivity contribution is 0.389. The molecule has 1 aromatic heterocycles. The van der Waals surface area contributed by atoms with Gasteiger partial charge in [-0.25, -0.2) is 0 Å². The molecule has 0 saturated carbocycles. The number of halogens is 1. The van der Waals surface area contributed by atoms with E-state index in [1.165, 1.54) is 11.1 Å². The second-order valence-electron chi connectivity index (χ2n) is 4.88. The van der Waals surface area contributed by atoms with Gasteiger partial charge in [-0.05, 0) is 23.3 Å². The Hall–Kier alpha value is -1.78. The van der Waals surface area contributed by atoms with E-state index in [2.05, 4.69) is 46.5 Å². The molecule has 1 atom stereocenters. The third-order valence-corrected chi connectivity index (χ3v) is 4.78. The Kier molecular flexibility index (Phi) is 4.80. The van der Waals surface area contributed by atoms with Crippen molar-refractivity contribution in [1.29, 1.82) is 0 Å². The molecule has 112 valence electrons. The first-order valence-corrected chi connectivity index (χ1v) is 8.36. The van der Waals surface area contributed by atoms with Crippen molar-refractivity contribution in [2.45, 2.75) is 17.9 Å². The lowest BCUT2D eigenvalue weighted by atomic mass is 10.0. The lowest BCUT2D eigenvalue weighted by Crippen LogP contribution is -1.98. The predicted octanol–water partition coefficient (Wildman–Crippen LogP) is 5.05. The topological polar surface area (TPSA) is 38.9 Å². The highest BCUT2D eigenvalue weighted by atomic mass is 35.5. The smallest absolute Gasteiger partial charge is 0.223 e. The molecule has 0 spiro atoms. The minimum atomic E-state index is 0.206. The summed E-state index contributed by atoms with van der Waals surface area (Å²) in [6, 6.07) is 18.4. The summed E-state index contributed by atoms with van der Waals surface area (Å²) in [5.41, 5.74) is 2.45. The zero-order valence-electron chi connectivity index (χ0n) is 12.1. The fourth-order valence-corrected chi connectivity index (χ4v) is 3.47. The molecule has 22 heavy (non-hydrogen) atoms. The molecule has 0 N–H and O–H groups in total. The van der Waals surface area contributed by atoms with Gasteiger partial charge in [0.1, 0.15) is 0 Å². The van der Waals surface area contributed by atoms with Crippen molar-refractivity contribution in [2.24, 2.45) is 0 Å². The number of rotatable bonds is 5. The fraction of sp³-hybridized carbons (Fsp3) is 0.176. The second kappa shape index (κ2) is 6.99. The molecule has 0 aliphatic carbocycles. The van der Waals surface area contributed by atoms with E-state index in [0.29, 0.717) is 11.6 Å². The lowest BCUT2D eigenvalue weighted by Gasteiger charge is -2.17. The number of thioether (sulfide) groups is 1. The maximum Gasteiger partial charge on any atom is 0.223 e. The van der Waals surface area contributed by atoms with Crippen LogP contribution in [0.25, 0.3) is 0 Å². The van der Waals surface area contributed by atoms with Crippen LogP contribution in [0.2, 0.25) is 5.02 Å². The molecule has 1 unspecified atom stereocenters. The van der Waals surface area contributed by atoms with Gasteiger partial charge in [0.05, 0.1) is 11.0 Å². The molecule has 0 aliphatic rings. The molecule has 3 nitrogen and oxygen atoms in total. The summed E-state index contributed by atoms with van der Waals surface area (Å²) >= 11 is 7.77. The van der Waals surface area contributed by atoms with Gasteiger partial charge in [0, 0.05) is 11.9 Å². The molecule has 0 bridgehead atoms. The molecule has 5 heteroatoms. The van der Waals surface area contributed by atoms with E-state index < -0.39 is 0 Å². The number of aromatic nitrogens is 2. The molecule has 3 rings (SSSR count). The van der Waals surface area contributed by atoms with Gasteiger partial charge in [0.2, 0.25) is 5.89 Å². The van der Waals surface area contributed by atoms with Crippen LogP contribution < -0.4 is 0 Å². The Morgan fingerprint density at radius 1 is 1.05 bits per heavy atom. The Balaban J connectivity index is 1.84. The first-order chi connectivity index (χ1) is 10.7. The summed E-state index contributed by atoms with van der Waals surface area (Å²) in [6.45, 7) is 1.80. The summed E-state index contributed by atoms with van der Waals surface area (Å²) in [4.78, 5) is 4.26. The van der Waals surface area contributed by atoms with Crippen LogP contribution in [0.5, 0.6) is 0 Å². The van der Waals surface area contributed by atoms with E-state index in [9.17, 15) is 0 Å². The van der Waals surface area contributed by atoms with E-state index in [1.807, 2.05) is 18.2 Å². The van der Waals surface area contributed by atoms with Crippen molar-refractivity contribution in [1.82, 2.24) is 10.1 Å². The van der Waals surface area contributed by atoms with Gasteiger partial charge in [-0.3, -0.25) is 0 Å². The normalized spacial score (nSPS) is 12.3. The average Bonchev–Trinajstić information content (AvgIpc) is 2.96. The third kappa shape index (κ3) is 3.70. The summed E-state index contributed by atoms with van der Waals surface area (Å²) in [7, 11) is 0. The van der Waals surface area contributed by atoms with Crippen molar-refractivity contribution in [3.8, 4) is 0 Å². The molecule has 3 aromatic rings. The van der Waals surface area contributed by atoms with E-state index in [1.54, 1.807) is 18.7 Å². The van der Waals surface area contributed by atoms with Crippen molar-refractivity contribution in [3.05, 3.63) is 82.5 Å². The highest BCUT2D eigenvalue weighted by Gasteiger charge is 2.16. The molecule has 0 radical (unpaired) electrons. The molecular formula is C17H15ClN2OS. The Morgan fingerprint density at radius 2 is 1.73 bits per heavy atom. The van der Waals surface area contributed by atoms with Gasteiger partial charge in [-0.15, -0.1) is 11.8 Å². The first kappa shape index (κ1) is 15.1. The highest BCUT2D eigenvalue weighted by Crippen LogP contribution is 2.37. The van der Waals surface area contributed by atoms with Crippen molar-refractivity contribution in [3.63, 3.8) is 0 Å². The van der Waals surface area contributed by atoms with Gasteiger partial charge < -0.3 is 4.52 Å². The summed E-state index contributed by atoms with van der Waals surface area (Å²) < 4.78 is 5.03. The van der Waals surface area contributed by atoms with Gasteiger partial charge in [-0.2, -0.15) is 4.98 Å². The Morgan fingerprint density at radius 3 is 2.36 bits per heavy atom. The molecule has 0 aliphatic heterocycles. The van der Waals surface area contributed by atoms with Crippen LogP contribution in [0.15, 0.2) is 59.1 Å². The van der Waals surface area contributed by atoms with Gasteiger partial charge in [0.25, 0.3) is 0 Å². The molecule has 0 amide bonds. The summed E-state index contributed by atoms with van der Waals surface area (Å²) in [5, 5.41) is 4.91. The number of aryl methyl sites for hydroxylation is 1. The largest absolute Gasteiger partial charge is 0.340 e. The van der Waals surface area contributed by atoms with Crippen LogP contribution in [-0.2, 0) is 5.75 Å². The number of hydrogen-bond donors (Lipinski definition) is 0. The third-order valence-electron chi connectivity index (χ3n) is 3.22. The molecule has 0 saturated heterocycles. The Bertz CT molecular complexity index is 728. The van der Waals surface area contributed by atoms with Crippen molar-refractivity contribution < 1.29 is 4.52 Å². The van der Waals surface area contributed by atoms with Crippen LogP contribution in [0, 0.1) is 6.92 Å². The quantitative estimate of drug-likeness (QED) is 0.656. The average molecular weight is 331 g/mol. The maximum absolute atomic E-state index is 6.00. The predicted molar refractivity (Wildman–Crippen MR) is 90.1 cm³/mol. The van der Waals surface area contributed by atoms with Crippen molar-refractivity contribution in [2.75, 3.05) is 0 Å². The zero-order valence-corrected chi connectivity index (χ0v) is 13.6. The minimum absolute atomic E-state index is 0.206. The van der Waals surface area contributed by atoms with Crippen LogP contribution in [0.1, 0.15) is 28.1 Å². The summed E-state index contributed by atoms with van der Waals surface area (Å²) in [5.74, 6) is 2.01. The number of hydrogen-bond acceptors (Lipinski definition) is 4. The molecular weight excluding hydrogens is 316 g/mol. The monoisotopic (exact) mass is 330 g/mol. The maximum atomic E-state index is 6.00. The van der Waals surface area contributed by atoms with Gasteiger partial charge in [-0.1, -0.05) is 59.2 Å². The molecule has 0 fully saturated rings. The van der Waals surface area contributed by atoms with E-state index in [4.69, 9.17) is 16.1 Å². The van der Waals surface area contributed by atoms with Gasteiger partial charge >= 0.3 is 0 Å². The SMILES string of the molecule is Cc1nc(CSC(c2ccccc2)c2ccc(Cl)cc2)no1. The van der Waals surface area contributed by atoms with Crippen LogP contribution in [0.4, 0.5) is 0 Å². The van der Waals surface area contributed by atoms with Crippen LogP contribution in [0.3, 0.4) is 0 Å². The molecule has 1 heterocycles. The van der Waals surface area contributed by atoms with Crippen LogP contribution in [-0.4, -0.2) is 10.1 Å².